The van der Waals surface area contributed by atoms with E-state index in [0.29, 0.717) is 11.1 Å². The zero-order valence-electron chi connectivity index (χ0n) is 8.17. The van der Waals surface area contributed by atoms with Gasteiger partial charge in [-0.2, -0.15) is 13.2 Å². The van der Waals surface area contributed by atoms with Gasteiger partial charge >= 0.3 is 6.18 Å². The molecule has 1 unspecified atom stereocenters. The van der Waals surface area contributed by atoms with Crippen LogP contribution < -0.4 is 5.73 Å². The van der Waals surface area contributed by atoms with Gasteiger partial charge in [0.05, 0.1) is 18.2 Å². The molecule has 0 radical (unpaired) electrons. The molecule has 0 spiro atoms. The summed E-state index contributed by atoms with van der Waals surface area (Å²) in [6, 6.07) is 2.57. The van der Waals surface area contributed by atoms with Crippen molar-refractivity contribution in [3.8, 4) is 0 Å². The third-order valence-electron chi connectivity index (χ3n) is 2.20. The van der Waals surface area contributed by atoms with Crippen LogP contribution in [0.15, 0.2) is 18.2 Å². The van der Waals surface area contributed by atoms with Crippen LogP contribution in [0.5, 0.6) is 0 Å². The van der Waals surface area contributed by atoms with E-state index in [9.17, 15) is 13.2 Å². The van der Waals surface area contributed by atoms with Crippen molar-refractivity contribution in [3.05, 3.63) is 34.9 Å². The second-order valence-corrected chi connectivity index (χ2v) is 3.36. The summed E-state index contributed by atoms with van der Waals surface area (Å²) in [7, 11) is 0. The molecule has 1 aromatic carbocycles. The monoisotopic (exact) mass is 219 g/mol. The van der Waals surface area contributed by atoms with E-state index in [2.05, 4.69) is 0 Å². The first-order valence-corrected chi connectivity index (χ1v) is 4.40. The van der Waals surface area contributed by atoms with E-state index in [1.165, 1.54) is 6.07 Å². The average molecular weight is 219 g/mol. The number of rotatable bonds is 2. The Balaban J connectivity index is 3.17. The first-order valence-electron chi connectivity index (χ1n) is 4.40. The van der Waals surface area contributed by atoms with Crippen molar-refractivity contribution in [2.75, 3.05) is 6.61 Å². The zero-order chi connectivity index (χ0) is 11.6. The Hall–Kier alpha value is -1.07. The molecule has 0 bridgehead atoms. The van der Waals surface area contributed by atoms with Crippen molar-refractivity contribution < 1.29 is 18.3 Å². The summed E-state index contributed by atoms with van der Waals surface area (Å²) in [5.74, 6) is 0. The number of hydrogen-bond donors (Lipinski definition) is 2. The number of hydrogen-bond acceptors (Lipinski definition) is 2. The highest BCUT2D eigenvalue weighted by molar-refractivity contribution is 5.34. The molecule has 0 heterocycles. The first kappa shape index (κ1) is 12.0. The van der Waals surface area contributed by atoms with Crippen molar-refractivity contribution in [2.45, 2.75) is 19.1 Å². The number of aliphatic hydroxyl groups is 1. The maximum Gasteiger partial charge on any atom is 0.416 e. The molecule has 1 rings (SSSR count). The van der Waals surface area contributed by atoms with Gasteiger partial charge in [0.2, 0.25) is 0 Å². The topological polar surface area (TPSA) is 46.2 Å². The highest BCUT2D eigenvalue weighted by Gasteiger charge is 2.31. The molecule has 0 aliphatic carbocycles. The summed E-state index contributed by atoms with van der Waals surface area (Å²) < 4.78 is 37.1. The van der Waals surface area contributed by atoms with Gasteiger partial charge in [0.15, 0.2) is 0 Å². The molecule has 0 aliphatic heterocycles. The lowest BCUT2D eigenvalue weighted by atomic mass is 9.99. The standard InChI is InChI=1S/C10H12F3NO/c1-6-2-3-7(10(11,12)13)4-8(6)9(14)5-15/h2-4,9,15H,5,14H2,1H3. The Bertz CT molecular complexity index is 349. The molecule has 0 saturated carbocycles. The molecule has 84 valence electrons. The van der Waals surface area contributed by atoms with Gasteiger partial charge in [0, 0.05) is 0 Å². The van der Waals surface area contributed by atoms with Gasteiger partial charge in [-0.05, 0) is 30.2 Å². The van der Waals surface area contributed by atoms with Crippen molar-refractivity contribution >= 4 is 0 Å². The van der Waals surface area contributed by atoms with Crippen LogP contribution >= 0.6 is 0 Å². The molecule has 2 nitrogen and oxygen atoms in total. The van der Waals surface area contributed by atoms with Gasteiger partial charge < -0.3 is 10.8 Å². The van der Waals surface area contributed by atoms with Crippen molar-refractivity contribution in [1.82, 2.24) is 0 Å². The maximum absolute atomic E-state index is 12.4. The molecule has 0 amide bonds. The van der Waals surface area contributed by atoms with Crippen LogP contribution in [-0.4, -0.2) is 11.7 Å². The van der Waals surface area contributed by atoms with Crippen molar-refractivity contribution in [1.29, 1.82) is 0 Å². The summed E-state index contributed by atoms with van der Waals surface area (Å²) in [6.07, 6.45) is -4.38. The van der Waals surface area contributed by atoms with E-state index in [1.54, 1.807) is 6.92 Å². The summed E-state index contributed by atoms with van der Waals surface area (Å²) >= 11 is 0. The smallest absolute Gasteiger partial charge is 0.394 e. The number of halogens is 3. The van der Waals surface area contributed by atoms with Crippen molar-refractivity contribution in [2.24, 2.45) is 5.73 Å². The molecular formula is C10H12F3NO. The third-order valence-corrected chi connectivity index (χ3v) is 2.20. The Morgan fingerprint density at radius 1 is 1.40 bits per heavy atom. The lowest BCUT2D eigenvalue weighted by molar-refractivity contribution is -0.137. The summed E-state index contributed by atoms with van der Waals surface area (Å²) in [5.41, 5.74) is 5.72. The number of aryl methyl sites for hydroxylation is 1. The van der Waals surface area contributed by atoms with E-state index in [-0.39, 0.29) is 6.61 Å². The molecular weight excluding hydrogens is 207 g/mol. The summed E-state index contributed by atoms with van der Waals surface area (Å²) in [6.45, 7) is 1.28. The fraction of sp³-hybridized carbons (Fsp3) is 0.400. The number of benzene rings is 1. The van der Waals surface area contributed by atoms with Crippen LogP contribution in [0, 0.1) is 6.92 Å². The molecule has 0 aromatic heterocycles. The summed E-state index contributed by atoms with van der Waals surface area (Å²) in [5, 5.41) is 8.80. The van der Waals surface area contributed by atoms with Gasteiger partial charge in [-0.1, -0.05) is 6.07 Å². The molecule has 1 aromatic rings. The minimum Gasteiger partial charge on any atom is -0.394 e. The van der Waals surface area contributed by atoms with Gasteiger partial charge in [0.1, 0.15) is 0 Å². The Morgan fingerprint density at radius 3 is 2.47 bits per heavy atom. The molecule has 0 saturated heterocycles. The minimum atomic E-state index is -4.38. The highest BCUT2D eigenvalue weighted by Crippen LogP contribution is 2.31. The lowest BCUT2D eigenvalue weighted by Crippen LogP contribution is -2.17. The van der Waals surface area contributed by atoms with Crippen LogP contribution in [-0.2, 0) is 6.18 Å². The Morgan fingerprint density at radius 2 is 2.00 bits per heavy atom. The molecule has 3 N–H and O–H groups in total. The van der Waals surface area contributed by atoms with Gasteiger partial charge in [-0.25, -0.2) is 0 Å². The van der Waals surface area contributed by atoms with Gasteiger partial charge in [0.25, 0.3) is 0 Å². The van der Waals surface area contributed by atoms with E-state index in [1.807, 2.05) is 0 Å². The third kappa shape index (κ3) is 2.70. The van der Waals surface area contributed by atoms with E-state index < -0.39 is 17.8 Å². The van der Waals surface area contributed by atoms with Crippen molar-refractivity contribution in [3.63, 3.8) is 0 Å². The maximum atomic E-state index is 12.4. The number of alkyl halides is 3. The predicted octanol–water partition coefficient (Wildman–Crippen LogP) is 2.01. The predicted molar refractivity (Wildman–Crippen MR) is 50.2 cm³/mol. The first-order chi connectivity index (χ1) is 6.86. The van der Waals surface area contributed by atoms with Crippen LogP contribution in [0.4, 0.5) is 13.2 Å². The quantitative estimate of drug-likeness (QED) is 0.799. The highest BCUT2D eigenvalue weighted by atomic mass is 19.4. The SMILES string of the molecule is Cc1ccc(C(F)(F)F)cc1C(N)CO. The largest absolute Gasteiger partial charge is 0.416 e. The lowest BCUT2D eigenvalue weighted by Gasteiger charge is -2.15. The molecule has 1 atom stereocenters. The van der Waals surface area contributed by atoms with Crippen LogP contribution in [0.3, 0.4) is 0 Å². The van der Waals surface area contributed by atoms with Crippen LogP contribution in [0.1, 0.15) is 22.7 Å². The van der Waals surface area contributed by atoms with E-state index in [0.717, 1.165) is 12.1 Å². The van der Waals surface area contributed by atoms with E-state index >= 15 is 0 Å². The number of aliphatic hydroxyl groups excluding tert-OH is 1. The number of nitrogens with two attached hydrogens (primary N) is 1. The minimum absolute atomic E-state index is 0.326. The average Bonchev–Trinajstić information content (AvgIpc) is 2.15. The second kappa shape index (κ2) is 4.20. The van der Waals surface area contributed by atoms with Crippen LogP contribution in [0.2, 0.25) is 0 Å². The van der Waals surface area contributed by atoms with Crippen LogP contribution in [0.25, 0.3) is 0 Å². The Labute approximate surface area is 85.5 Å². The zero-order valence-corrected chi connectivity index (χ0v) is 8.17. The van der Waals surface area contributed by atoms with Gasteiger partial charge in [-0.3, -0.25) is 0 Å². The second-order valence-electron chi connectivity index (χ2n) is 3.36. The fourth-order valence-corrected chi connectivity index (χ4v) is 1.31. The summed E-state index contributed by atoms with van der Waals surface area (Å²) in [4.78, 5) is 0. The molecule has 0 fully saturated rings. The molecule has 15 heavy (non-hydrogen) atoms. The Kier molecular flexibility index (Phi) is 3.36. The normalized spacial score (nSPS) is 14.0. The molecule has 0 aliphatic rings. The fourth-order valence-electron chi connectivity index (χ4n) is 1.31. The van der Waals surface area contributed by atoms with E-state index in [4.69, 9.17) is 10.8 Å². The molecule has 5 heteroatoms. The van der Waals surface area contributed by atoms with Gasteiger partial charge in [-0.15, -0.1) is 0 Å².